The van der Waals surface area contributed by atoms with Crippen LogP contribution in [0.3, 0.4) is 0 Å². The Balaban J connectivity index is 1.94. The van der Waals surface area contributed by atoms with Crippen LogP contribution in [0.1, 0.15) is 13.3 Å². The number of ether oxygens (including phenoxy) is 1. The molecule has 1 aliphatic heterocycles. The van der Waals surface area contributed by atoms with E-state index in [9.17, 15) is 8.78 Å². The van der Waals surface area contributed by atoms with Crippen LogP contribution in [0.25, 0.3) is 0 Å². The predicted molar refractivity (Wildman–Crippen MR) is 56.2 cm³/mol. The highest BCUT2D eigenvalue weighted by Crippen LogP contribution is 2.21. The Labute approximate surface area is 92.8 Å². The normalized spacial score (nSPS) is 24.7. The Morgan fingerprint density at radius 3 is 3.00 bits per heavy atom. The van der Waals surface area contributed by atoms with Crippen LogP contribution in [-0.2, 0) is 4.74 Å². The predicted octanol–water partition coefficient (Wildman–Crippen LogP) is 2.20. The maximum Gasteiger partial charge on any atom is 0.168 e. The molecule has 0 bridgehead atoms. The zero-order valence-electron chi connectivity index (χ0n) is 9.04. The third-order valence-electron chi connectivity index (χ3n) is 2.87. The standard InChI is InChI=1S/C11H14F2N2O/c1-7-8(2-3-16-7)5-14-11-10(13)4-9(12)6-15-11/h4,6-8H,2-3,5H2,1H3,(H,14,15). The van der Waals surface area contributed by atoms with Crippen molar-refractivity contribution in [2.45, 2.75) is 19.4 Å². The fraction of sp³-hybridized carbons (Fsp3) is 0.545. The number of rotatable bonds is 3. The molecule has 5 heteroatoms. The third-order valence-corrected chi connectivity index (χ3v) is 2.87. The first-order chi connectivity index (χ1) is 7.66. The van der Waals surface area contributed by atoms with Gasteiger partial charge in [0.2, 0.25) is 0 Å². The highest BCUT2D eigenvalue weighted by molar-refractivity contribution is 5.35. The number of hydrogen-bond donors (Lipinski definition) is 1. The van der Waals surface area contributed by atoms with Crippen molar-refractivity contribution in [2.24, 2.45) is 5.92 Å². The van der Waals surface area contributed by atoms with Crippen LogP contribution < -0.4 is 5.32 Å². The molecule has 1 fully saturated rings. The van der Waals surface area contributed by atoms with Gasteiger partial charge in [-0.25, -0.2) is 13.8 Å². The Morgan fingerprint density at radius 1 is 1.56 bits per heavy atom. The van der Waals surface area contributed by atoms with Crippen LogP contribution in [0, 0.1) is 17.6 Å². The zero-order valence-corrected chi connectivity index (χ0v) is 9.04. The molecular formula is C11H14F2N2O. The van der Waals surface area contributed by atoms with Gasteiger partial charge in [-0.1, -0.05) is 0 Å². The summed E-state index contributed by atoms with van der Waals surface area (Å²) < 4.78 is 31.2. The van der Waals surface area contributed by atoms with E-state index in [1.165, 1.54) is 0 Å². The lowest BCUT2D eigenvalue weighted by molar-refractivity contribution is 0.108. The van der Waals surface area contributed by atoms with Gasteiger partial charge in [0, 0.05) is 25.1 Å². The smallest absolute Gasteiger partial charge is 0.168 e. The van der Waals surface area contributed by atoms with Gasteiger partial charge in [0.25, 0.3) is 0 Å². The number of nitrogens with one attached hydrogen (secondary N) is 1. The molecule has 1 saturated heterocycles. The van der Waals surface area contributed by atoms with Crippen LogP contribution in [-0.4, -0.2) is 24.2 Å². The Kier molecular flexibility index (Phi) is 3.33. The number of hydrogen-bond acceptors (Lipinski definition) is 3. The van der Waals surface area contributed by atoms with Crippen molar-refractivity contribution in [3.8, 4) is 0 Å². The molecule has 3 nitrogen and oxygen atoms in total. The minimum atomic E-state index is -0.666. The minimum Gasteiger partial charge on any atom is -0.378 e. The van der Waals surface area contributed by atoms with Gasteiger partial charge in [-0.05, 0) is 13.3 Å². The average molecular weight is 228 g/mol. The molecule has 0 saturated carbocycles. The Bertz CT molecular complexity index is 373. The summed E-state index contributed by atoms with van der Waals surface area (Å²) in [5.41, 5.74) is 0. The largest absolute Gasteiger partial charge is 0.378 e. The van der Waals surface area contributed by atoms with Crippen molar-refractivity contribution in [1.82, 2.24) is 4.98 Å². The van der Waals surface area contributed by atoms with Crippen molar-refractivity contribution >= 4 is 5.82 Å². The molecule has 0 amide bonds. The summed E-state index contributed by atoms with van der Waals surface area (Å²) in [4.78, 5) is 3.66. The van der Waals surface area contributed by atoms with E-state index in [2.05, 4.69) is 10.3 Å². The van der Waals surface area contributed by atoms with Gasteiger partial charge < -0.3 is 10.1 Å². The first-order valence-corrected chi connectivity index (χ1v) is 5.33. The Morgan fingerprint density at radius 2 is 2.38 bits per heavy atom. The highest BCUT2D eigenvalue weighted by atomic mass is 19.1. The molecule has 2 atom stereocenters. The van der Waals surface area contributed by atoms with Crippen molar-refractivity contribution in [3.63, 3.8) is 0 Å². The molecule has 2 unspecified atom stereocenters. The van der Waals surface area contributed by atoms with Crippen LogP contribution >= 0.6 is 0 Å². The van der Waals surface area contributed by atoms with Gasteiger partial charge in [-0.2, -0.15) is 0 Å². The van der Waals surface area contributed by atoms with E-state index in [1.807, 2.05) is 6.92 Å². The SMILES string of the molecule is CC1OCCC1CNc1ncc(F)cc1F. The van der Waals surface area contributed by atoms with Gasteiger partial charge >= 0.3 is 0 Å². The summed E-state index contributed by atoms with van der Waals surface area (Å²) >= 11 is 0. The number of aromatic nitrogens is 1. The highest BCUT2D eigenvalue weighted by Gasteiger charge is 2.24. The molecule has 2 heterocycles. The maximum absolute atomic E-state index is 13.2. The van der Waals surface area contributed by atoms with Crippen LogP contribution in [0.5, 0.6) is 0 Å². The number of halogens is 2. The van der Waals surface area contributed by atoms with Crippen molar-refractivity contribution in [1.29, 1.82) is 0 Å². The van der Waals surface area contributed by atoms with E-state index in [0.717, 1.165) is 25.3 Å². The van der Waals surface area contributed by atoms with Gasteiger partial charge in [0.1, 0.15) is 5.82 Å². The number of pyridine rings is 1. The lowest BCUT2D eigenvalue weighted by Crippen LogP contribution is -2.21. The molecule has 0 aliphatic carbocycles. The molecule has 1 aromatic rings. The van der Waals surface area contributed by atoms with Crippen LogP contribution in [0.4, 0.5) is 14.6 Å². The molecule has 16 heavy (non-hydrogen) atoms. The molecule has 1 aliphatic rings. The molecule has 1 aromatic heterocycles. The molecule has 88 valence electrons. The van der Waals surface area contributed by atoms with E-state index < -0.39 is 11.6 Å². The maximum atomic E-state index is 13.2. The second-order valence-electron chi connectivity index (χ2n) is 3.99. The third kappa shape index (κ3) is 2.47. The molecule has 0 spiro atoms. The van der Waals surface area contributed by atoms with Gasteiger partial charge in [-0.15, -0.1) is 0 Å². The molecule has 1 N–H and O–H groups in total. The first kappa shape index (κ1) is 11.3. The number of anilines is 1. The number of nitrogens with zero attached hydrogens (tertiary/aromatic N) is 1. The molecular weight excluding hydrogens is 214 g/mol. The minimum absolute atomic E-state index is 0.0977. The summed E-state index contributed by atoms with van der Waals surface area (Å²) in [5.74, 6) is -0.876. The van der Waals surface area contributed by atoms with Gasteiger partial charge in [-0.3, -0.25) is 0 Å². The van der Waals surface area contributed by atoms with Gasteiger partial charge in [0.05, 0.1) is 12.3 Å². The fourth-order valence-electron chi connectivity index (χ4n) is 1.82. The second-order valence-corrected chi connectivity index (χ2v) is 3.99. The van der Waals surface area contributed by atoms with E-state index in [1.54, 1.807) is 0 Å². The molecule has 0 radical (unpaired) electrons. The fourth-order valence-corrected chi connectivity index (χ4v) is 1.82. The lowest BCUT2D eigenvalue weighted by Gasteiger charge is -2.15. The molecule has 0 aromatic carbocycles. The Hall–Kier alpha value is -1.23. The van der Waals surface area contributed by atoms with Crippen molar-refractivity contribution in [3.05, 3.63) is 23.9 Å². The second kappa shape index (κ2) is 4.74. The van der Waals surface area contributed by atoms with Crippen LogP contribution in [0.2, 0.25) is 0 Å². The quantitative estimate of drug-likeness (QED) is 0.861. The summed E-state index contributed by atoms with van der Waals surface area (Å²) in [6.07, 6.45) is 2.13. The van der Waals surface area contributed by atoms with Gasteiger partial charge in [0.15, 0.2) is 11.6 Å². The average Bonchev–Trinajstić information content (AvgIpc) is 2.63. The van der Waals surface area contributed by atoms with Crippen LogP contribution in [0.15, 0.2) is 12.3 Å². The van der Waals surface area contributed by atoms with E-state index in [-0.39, 0.29) is 11.9 Å². The van der Waals surface area contributed by atoms with E-state index >= 15 is 0 Å². The first-order valence-electron chi connectivity index (χ1n) is 5.33. The zero-order chi connectivity index (χ0) is 11.5. The topological polar surface area (TPSA) is 34.1 Å². The molecule has 2 rings (SSSR count). The van der Waals surface area contributed by atoms with E-state index in [0.29, 0.717) is 12.5 Å². The summed E-state index contributed by atoms with van der Waals surface area (Å²) in [6.45, 7) is 3.33. The monoisotopic (exact) mass is 228 g/mol. The lowest BCUT2D eigenvalue weighted by atomic mass is 10.0. The van der Waals surface area contributed by atoms with Crippen molar-refractivity contribution < 1.29 is 13.5 Å². The summed E-state index contributed by atoms with van der Waals surface area (Å²) in [5, 5.41) is 2.88. The van der Waals surface area contributed by atoms with Crippen molar-refractivity contribution in [2.75, 3.05) is 18.5 Å². The summed E-state index contributed by atoms with van der Waals surface area (Å²) in [6, 6.07) is 0.823. The van der Waals surface area contributed by atoms with E-state index in [4.69, 9.17) is 4.74 Å². The summed E-state index contributed by atoms with van der Waals surface area (Å²) in [7, 11) is 0.